The standard InChI is InChI=1S/C12H15NO4/c1-2-3-8-5-10-7(6-17-8)4-9(12(15)16)11(14)13-10/h4,8H,2-3,5-6H2,1H3,(H,13,14)(H,15,16)/p-1. The Morgan fingerprint density at radius 1 is 1.65 bits per heavy atom. The molecule has 1 aliphatic heterocycles. The zero-order valence-corrected chi connectivity index (χ0v) is 9.62. The smallest absolute Gasteiger partial charge is 0.257 e. The Balaban J connectivity index is 2.32. The van der Waals surface area contributed by atoms with Gasteiger partial charge in [-0.2, -0.15) is 0 Å². The lowest BCUT2D eigenvalue weighted by molar-refractivity contribution is -0.255. The molecule has 1 aromatic rings. The minimum Gasteiger partial charge on any atom is -0.545 e. The first-order valence-corrected chi connectivity index (χ1v) is 5.69. The molecule has 0 amide bonds. The maximum absolute atomic E-state index is 11.5. The minimum atomic E-state index is -1.45. The Labute approximate surface area is 98.4 Å². The highest BCUT2D eigenvalue weighted by Gasteiger charge is 2.20. The van der Waals surface area contributed by atoms with Crippen molar-refractivity contribution in [2.24, 2.45) is 0 Å². The normalized spacial score (nSPS) is 18.8. The van der Waals surface area contributed by atoms with Crippen molar-refractivity contribution in [2.75, 3.05) is 0 Å². The van der Waals surface area contributed by atoms with E-state index >= 15 is 0 Å². The summed E-state index contributed by atoms with van der Waals surface area (Å²) >= 11 is 0. The lowest BCUT2D eigenvalue weighted by atomic mass is 10.0. The van der Waals surface area contributed by atoms with Crippen LogP contribution in [0.3, 0.4) is 0 Å². The molecule has 1 unspecified atom stereocenters. The van der Waals surface area contributed by atoms with Gasteiger partial charge in [0.15, 0.2) is 0 Å². The second kappa shape index (κ2) is 4.71. The number of nitrogens with one attached hydrogen (secondary N) is 1. The van der Waals surface area contributed by atoms with E-state index in [0.717, 1.165) is 24.1 Å². The predicted octanol–water partition coefficient (Wildman–Crippen LogP) is -0.0202. The van der Waals surface area contributed by atoms with Crippen LogP contribution in [0.2, 0.25) is 0 Å². The molecule has 1 atom stereocenters. The molecular formula is C12H14NO4-. The van der Waals surface area contributed by atoms with Gasteiger partial charge < -0.3 is 19.6 Å². The number of carbonyl (C=O) groups is 1. The van der Waals surface area contributed by atoms with E-state index in [-0.39, 0.29) is 11.7 Å². The molecule has 1 N–H and O–H groups in total. The highest BCUT2D eigenvalue weighted by molar-refractivity contribution is 5.85. The lowest BCUT2D eigenvalue weighted by Gasteiger charge is -2.25. The molecule has 0 aromatic carbocycles. The first kappa shape index (κ1) is 11.9. The fraction of sp³-hybridized carbons (Fsp3) is 0.500. The highest BCUT2D eigenvalue weighted by Crippen LogP contribution is 2.20. The Bertz CT molecular complexity index is 492. The third kappa shape index (κ3) is 2.39. The van der Waals surface area contributed by atoms with Crippen LogP contribution in [0.15, 0.2) is 10.9 Å². The number of aromatic nitrogens is 1. The van der Waals surface area contributed by atoms with Gasteiger partial charge in [0.2, 0.25) is 0 Å². The number of carboxylic acid groups (broad SMARTS) is 1. The molecule has 0 bridgehead atoms. The summed E-state index contributed by atoms with van der Waals surface area (Å²) in [6.07, 6.45) is 2.69. The van der Waals surface area contributed by atoms with Crippen molar-refractivity contribution in [3.63, 3.8) is 0 Å². The van der Waals surface area contributed by atoms with Crippen molar-refractivity contribution in [3.05, 3.63) is 33.2 Å². The number of H-pyrrole nitrogens is 1. The number of aromatic amines is 1. The van der Waals surface area contributed by atoms with Crippen molar-refractivity contribution in [1.29, 1.82) is 0 Å². The number of carboxylic acids is 1. The van der Waals surface area contributed by atoms with Crippen LogP contribution in [-0.4, -0.2) is 17.1 Å². The number of rotatable bonds is 3. The first-order chi connectivity index (χ1) is 8.11. The molecule has 0 aliphatic carbocycles. The number of hydrogen-bond acceptors (Lipinski definition) is 4. The number of hydrogen-bond donors (Lipinski definition) is 1. The second-order valence-electron chi connectivity index (χ2n) is 4.23. The summed E-state index contributed by atoms with van der Waals surface area (Å²) in [5, 5.41) is 10.7. The van der Waals surface area contributed by atoms with E-state index in [9.17, 15) is 14.7 Å². The molecule has 1 aliphatic rings. The topological polar surface area (TPSA) is 82.2 Å². The molecule has 0 spiro atoms. The van der Waals surface area contributed by atoms with Gasteiger partial charge in [-0.25, -0.2) is 0 Å². The molecule has 0 radical (unpaired) electrons. The summed E-state index contributed by atoms with van der Waals surface area (Å²) in [6, 6.07) is 1.35. The molecule has 0 saturated carbocycles. The Hall–Kier alpha value is -1.62. The summed E-state index contributed by atoms with van der Waals surface area (Å²) in [6.45, 7) is 2.41. The Morgan fingerprint density at radius 3 is 3.06 bits per heavy atom. The van der Waals surface area contributed by atoms with Gasteiger partial charge in [0.05, 0.1) is 24.2 Å². The van der Waals surface area contributed by atoms with Crippen molar-refractivity contribution in [1.82, 2.24) is 4.98 Å². The summed E-state index contributed by atoms with van der Waals surface area (Å²) in [5.41, 5.74) is 0.586. The fourth-order valence-corrected chi connectivity index (χ4v) is 2.08. The van der Waals surface area contributed by atoms with Gasteiger partial charge in [0.25, 0.3) is 5.56 Å². The van der Waals surface area contributed by atoms with Crippen molar-refractivity contribution >= 4 is 5.97 Å². The maximum Gasteiger partial charge on any atom is 0.257 e. The number of fused-ring (bicyclic) bond motifs is 1. The first-order valence-electron chi connectivity index (χ1n) is 5.69. The number of ether oxygens (including phenoxy) is 1. The second-order valence-corrected chi connectivity index (χ2v) is 4.23. The summed E-state index contributed by atoms with van der Waals surface area (Å²) < 4.78 is 5.58. The van der Waals surface area contributed by atoms with E-state index in [2.05, 4.69) is 11.9 Å². The van der Waals surface area contributed by atoms with Gasteiger partial charge in [0.1, 0.15) is 0 Å². The van der Waals surface area contributed by atoms with Crippen molar-refractivity contribution in [2.45, 2.75) is 38.9 Å². The third-order valence-electron chi connectivity index (χ3n) is 2.95. The molecule has 5 nitrogen and oxygen atoms in total. The van der Waals surface area contributed by atoms with E-state index in [0.29, 0.717) is 13.0 Å². The van der Waals surface area contributed by atoms with Crippen molar-refractivity contribution < 1.29 is 14.6 Å². The highest BCUT2D eigenvalue weighted by atomic mass is 16.5. The SMILES string of the molecule is CCCC1Cc2[nH]c(=O)c(C(=O)[O-])cc2CO1. The Kier molecular flexibility index (Phi) is 3.28. The van der Waals surface area contributed by atoms with Crippen molar-refractivity contribution in [3.8, 4) is 0 Å². The predicted molar refractivity (Wildman–Crippen MR) is 58.6 cm³/mol. The molecule has 17 heavy (non-hydrogen) atoms. The van der Waals surface area contributed by atoms with Crippen LogP contribution in [0.5, 0.6) is 0 Å². The zero-order valence-electron chi connectivity index (χ0n) is 9.62. The molecule has 2 heterocycles. The zero-order chi connectivity index (χ0) is 12.4. The summed E-state index contributed by atoms with van der Waals surface area (Å²) in [5.74, 6) is -1.45. The van der Waals surface area contributed by atoms with Gasteiger partial charge in [-0.05, 0) is 18.1 Å². The van der Waals surface area contributed by atoms with Gasteiger partial charge >= 0.3 is 0 Å². The largest absolute Gasteiger partial charge is 0.545 e. The van der Waals surface area contributed by atoms with E-state index < -0.39 is 11.5 Å². The molecule has 5 heteroatoms. The molecule has 92 valence electrons. The van der Waals surface area contributed by atoms with E-state index in [1.165, 1.54) is 6.07 Å². The molecule has 0 fully saturated rings. The van der Waals surface area contributed by atoms with Crippen LogP contribution in [0, 0.1) is 0 Å². The third-order valence-corrected chi connectivity index (χ3v) is 2.95. The number of aromatic carboxylic acids is 1. The van der Waals surface area contributed by atoms with E-state index in [1.807, 2.05) is 0 Å². The van der Waals surface area contributed by atoms with Gasteiger partial charge in [-0.1, -0.05) is 13.3 Å². The van der Waals surface area contributed by atoms with Gasteiger partial charge in [-0.3, -0.25) is 4.79 Å². The monoisotopic (exact) mass is 236 g/mol. The van der Waals surface area contributed by atoms with Crippen LogP contribution in [0.25, 0.3) is 0 Å². The van der Waals surface area contributed by atoms with Crippen LogP contribution in [0.1, 0.15) is 41.4 Å². The van der Waals surface area contributed by atoms with E-state index in [4.69, 9.17) is 4.74 Å². The van der Waals surface area contributed by atoms with Crippen LogP contribution >= 0.6 is 0 Å². The fourth-order valence-electron chi connectivity index (χ4n) is 2.08. The van der Waals surface area contributed by atoms with Gasteiger partial charge in [-0.15, -0.1) is 0 Å². The van der Waals surface area contributed by atoms with Crippen LogP contribution in [0.4, 0.5) is 0 Å². The van der Waals surface area contributed by atoms with Gasteiger partial charge in [0, 0.05) is 12.1 Å². The average Bonchev–Trinajstić information content (AvgIpc) is 2.28. The van der Waals surface area contributed by atoms with Crippen LogP contribution in [-0.2, 0) is 17.8 Å². The maximum atomic E-state index is 11.5. The minimum absolute atomic E-state index is 0.108. The number of carbonyl (C=O) groups excluding carboxylic acids is 1. The molecular weight excluding hydrogens is 222 g/mol. The molecule has 1 aromatic heterocycles. The summed E-state index contributed by atoms with van der Waals surface area (Å²) in [7, 11) is 0. The lowest BCUT2D eigenvalue weighted by Crippen LogP contribution is -2.33. The molecule has 0 saturated heterocycles. The quantitative estimate of drug-likeness (QED) is 0.799. The molecule has 2 rings (SSSR count). The van der Waals surface area contributed by atoms with Crippen LogP contribution < -0.4 is 10.7 Å². The van der Waals surface area contributed by atoms with E-state index in [1.54, 1.807) is 0 Å². The Morgan fingerprint density at radius 2 is 2.41 bits per heavy atom. The average molecular weight is 236 g/mol. The number of pyridine rings is 1. The summed E-state index contributed by atoms with van der Waals surface area (Å²) in [4.78, 5) is 24.8.